The molecule has 0 fully saturated rings. The third kappa shape index (κ3) is 4.70. The normalized spacial score (nSPS) is 12.5. The van der Waals surface area contributed by atoms with Crippen LogP contribution in [0.4, 0.5) is 4.79 Å². The van der Waals surface area contributed by atoms with Crippen LogP contribution in [0.25, 0.3) is 10.2 Å². The summed E-state index contributed by atoms with van der Waals surface area (Å²) < 4.78 is 6.47. The average molecular weight is 394 g/mol. The van der Waals surface area contributed by atoms with Gasteiger partial charge >= 0.3 is 12.0 Å². The Bertz CT molecular complexity index is 970. The minimum atomic E-state index is -1.19. The molecule has 0 bridgehead atoms. The van der Waals surface area contributed by atoms with E-state index in [9.17, 15) is 19.2 Å². The number of rotatable bonds is 3. The van der Waals surface area contributed by atoms with Crippen molar-refractivity contribution in [2.75, 3.05) is 0 Å². The topological polar surface area (TPSA) is 119 Å². The Morgan fingerprint density at radius 3 is 2.52 bits per heavy atom. The summed E-state index contributed by atoms with van der Waals surface area (Å²) in [6.07, 6.45) is 0.184. The van der Waals surface area contributed by atoms with E-state index in [0.29, 0.717) is 15.8 Å². The molecule has 1 atom stereocenters. The van der Waals surface area contributed by atoms with Crippen molar-refractivity contribution in [2.24, 2.45) is 7.05 Å². The first kappa shape index (κ1) is 20.6. The van der Waals surface area contributed by atoms with Gasteiger partial charge in [-0.2, -0.15) is 0 Å². The number of aryl methyl sites for hydroxylation is 2. The van der Waals surface area contributed by atoms with Crippen LogP contribution in [0.3, 0.4) is 0 Å². The van der Waals surface area contributed by atoms with E-state index in [-0.39, 0.29) is 10.4 Å². The van der Waals surface area contributed by atoms with Gasteiger partial charge < -0.3 is 14.6 Å². The molecule has 2 aromatic heterocycles. The lowest BCUT2D eigenvalue weighted by Crippen LogP contribution is -2.50. The molecule has 9 nitrogen and oxygen atoms in total. The molecule has 27 heavy (non-hydrogen) atoms. The summed E-state index contributed by atoms with van der Waals surface area (Å²) in [6.45, 7) is 8.28. The third-order valence-corrected chi connectivity index (χ3v) is 4.75. The van der Waals surface area contributed by atoms with Crippen LogP contribution in [0.2, 0.25) is 0 Å². The van der Waals surface area contributed by atoms with Crippen LogP contribution >= 0.6 is 11.3 Å². The van der Waals surface area contributed by atoms with Crippen LogP contribution in [0, 0.1) is 6.92 Å². The minimum absolute atomic E-state index is 0.194. The molecule has 146 valence electrons. The highest BCUT2D eigenvalue weighted by Crippen LogP contribution is 2.27. The maximum Gasteiger partial charge on any atom is 0.349 e. The summed E-state index contributed by atoms with van der Waals surface area (Å²) in [5.41, 5.74) is -0.332. The van der Waals surface area contributed by atoms with Gasteiger partial charge in [0.15, 0.2) is 6.10 Å². The van der Waals surface area contributed by atoms with Gasteiger partial charge in [-0.15, -0.1) is 11.3 Å². The SMILES string of the molecule is Cc1c(C(=O)OC(C)C(=O)NC(=O)NC(C)(C)C)sc2ncn(C)c(=O)c12. The predicted molar refractivity (Wildman–Crippen MR) is 101 cm³/mol. The number of fused-ring (bicyclic) bond motifs is 1. The number of aromatic nitrogens is 2. The number of nitrogens with one attached hydrogen (secondary N) is 2. The maximum atomic E-state index is 12.4. The van der Waals surface area contributed by atoms with E-state index in [2.05, 4.69) is 15.6 Å². The second kappa shape index (κ2) is 7.47. The summed E-state index contributed by atoms with van der Waals surface area (Å²) in [6, 6.07) is -0.680. The van der Waals surface area contributed by atoms with E-state index < -0.39 is 29.6 Å². The molecule has 1 unspecified atom stereocenters. The van der Waals surface area contributed by atoms with Crippen molar-refractivity contribution in [3.05, 3.63) is 27.1 Å². The number of urea groups is 1. The number of amides is 3. The van der Waals surface area contributed by atoms with Crippen molar-refractivity contribution in [1.82, 2.24) is 20.2 Å². The molecule has 0 spiro atoms. The molecule has 2 heterocycles. The zero-order chi connectivity index (χ0) is 20.5. The summed E-state index contributed by atoms with van der Waals surface area (Å²) >= 11 is 1.02. The molecular formula is C17H22N4O5S. The number of imide groups is 1. The van der Waals surface area contributed by atoms with Crippen LogP contribution < -0.4 is 16.2 Å². The second-order valence-electron chi connectivity index (χ2n) is 7.14. The number of hydrogen-bond acceptors (Lipinski definition) is 7. The Kier molecular flexibility index (Phi) is 5.69. The summed E-state index contributed by atoms with van der Waals surface area (Å²) in [5.74, 6) is -1.51. The summed E-state index contributed by atoms with van der Waals surface area (Å²) in [5, 5.41) is 5.04. The van der Waals surface area contributed by atoms with Gasteiger partial charge in [0.25, 0.3) is 11.5 Å². The molecule has 0 aliphatic carbocycles. The van der Waals surface area contributed by atoms with Gasteiger partial charge in [-0.05, 0) is 40.2 Å². The van der Waals surface area contributed by atoms with Crippen molar-refractivity contribution in [2.45, 2.75) is 46.3 Å². The molecular weight excluding hydrogens is 372 g/mol. The van der Waals surface area contributed by atoms with Crippen molar-refractivity contribution >= 4 is 39.5 Å². The Morgan fingerprint density at radius 2 is 1.93 bits per heavy atom. The van der Waals surface area contributed by atoms with E-state index >= 15 is 0 Å². The van der Waals surface area contributed by atoms with Gasteiger partial charge in [0.2, 0.25) is 0 Å². The number of esters is 1. The molecule has 0 aliphatic rings. The fourth-order valence-electron chi connectivity index (χ4n) is 2.26. The first-order valence-corrected chi connectivity index (χ1v) is 9.01. The Hall–Kier alpha value is -2.75. The first-order valence-electron chi connectivity index (χ1n) is 8.19. The lowest BCUT2D eigenvalue weighted by atomic mass is 10.1. The highest BCUT2D eigenvalue weighted by molar-refractivity contribution is 7.20. The number of carbonyl (C=O) groups is 3. The van der Waals surface area contributed by atoms with Crippen LogP contribution in [0.15, 0.2) is 11.1 Å². The Balaban J connectivity index is 2.13. The fraction of sp³-hybridized carbons (Fsp3) is 0.471. The van der Waals surface area contributed by atoms with Gasteiger partial charge in [-0.3, -0.25) is 14.9 Å². The quantitative estimate of drug-likeness (QED) is 0.761. The van der Waals surface area contributed by atoms with E-state index in [0.717, 1.165) is 11.3 Å². The first-order chi connectivity index (χ1) is 12.4. The molecule has 0 radical (unpaired) electrons. The summed E-state index contributed by atoms with van der Waals surface area (Å²) in [4.78, 5) is 53.2. The number of ether oxygens (including phenoxy) is 1. The highest BCUT2D eigenvalue weighted by Gasteiger charge is 2.26. The molecule has 0 aliphatic heterocycles. The maximum absolute atomic E-state index is 12.4. The van der Waals surface area contributed by atoms with E-state index in [1.165, 1.54) is 17.8 Å². The van der Waals surface area contributed by atoms with E-state index in [1.807, 2.05) is 0 Å². The molecule has 2 rings (SSSR count). The van der Waals surface area contributed by atoms with Crippen LogP contribution in [-0.4, -0.2) is 39.1 Å². The number of nitrogens with zero attached hydrogens (tertiary/aromatic N) is 2. The molecule has 2 aromatic rings. The van der Waals surface area contributed by atoms with E-state index in [1.54, 1.807) is 34.7 Å². The zero-order valence-corrected chi connectivity index (χ0v) is 16.8. The number of thiophene rings is 1. The standard InChI is InChI=1S/C17H22N4O5S/c1-8-10-13(18-7-21(6)14(10)23)27-11(8)15(24)26-9(2)12(22)19-16(25)20-17(3,4)5/h7,9H,1-6H3,(H2,19,20,22,25). The monoisotopic (exact) mass is 394 g/mol. The van der Waals surface area contributed by atoms with Gasteiger partial charge in [-0.25, -0.2) is 14.6 Å². The largest absolute Gasteiger partial charge is 0.448 e. The van der Waals surface area contributed by atoms with Crippen molar-refractivity contribution in [1.29, 1.82) is 0 Å². The van der Waals surface area contributed by atoms with Gasteiger partial charge in [0.1, 0.15) is 9.71 Å². The van der Waals surface area contributed by atoms with Gasteiger partial charge in [0, 0.05) is 12.6 Å². The summed E-state index contributed by atoms with van der Waals surface area (Å²) in [7, 11) is 1.57. The van der Waals surface area contributed by atoms with Crippen LogP contribution in [0.1, 0.15) is 42.9 Å². The zero-order valence-electron chi connectivity index (χ0n) is 16.0. The van der Waals surface area contributed by atoms with Gasteiger partial charge in [-0.1, -0.05) is 0 Å². The number of hydrogen-bond donors (Lipinski definition) is 2. The van der Waals surface area contributed by atoms with Crippen LogP contribution in [0.5, 0.6) is 0 Å². The van der Waals surface area contributed by atoms with Crippen LogP contribution in [-0.2, 0) is 16.6 Å². The molecule has 3 amide bonds. The number of carbonyl (C=O) groups excluding carboxylic acids is 3. The lowest BCUT2D eigenvalue weighted by Gasteiger charge is -2.21. The molecule has 10 heteroatoms. The van der Waals surface area contributed by atoms with Crippen molar-refractivity contribution < 1.29 is 19.1 Å². The Labute approximate surface area is 159 Å². The minimum Gasteiger partial charge on any atom is -0.448 e. The molecule has 0 saturated carbocycles. The fourth-order valence-corrected chi connectivity index (χ4v) is 3.28. The molecule has 2 N–H and O–H groups in total. The smallest absolute Gasteiger partial charge is 0.349 e. The van der Waals surface area contributed by atoms with Gasteiger partial charge in [0.05, 0.1) is 11.7 Å². The highest BCUT2D eigenvalue weighted by atomic mass is 32.1. The lowest BCUT2D eigenvalue weighted by molar-refractivity contribution is -0.127. The molecule has 0 saturated heterocycles. The Morgan fingerprint density at radius 1 is 1.30 bits per heavy atom. The van der Waals surface area contributed by atoms with Crippen molar-refractivity contribution in [3.8, 4) is 0 Å². The predicted octanol–water partition coefficient (Wildman–Crippen LogP) is 1.47. The van der Waals surface area contributed by atoms with Crippen molar-refractivity contribution in [3.63, 3.8) is 0 Å². The second-order valence-corrected chi connectivity index (χ2v) is 8.14. The van der Waals surface area contributed by atoms with E-state index in [4.69, 9.17) is 4.74 Å². The molecule has 0 aromatic carbocycles. The average Bonchev–Trinajstić information content (AvgIpc) is 2.86. The third-order valence-electron chi connectivity index (χ3n) is 3.57.